The maximum atomic E-state index is 10.1. The second-order valence-corrected chi connectivity index (χ2v) is 7.16. The van der Waals surface area contributed by atoms with E-state index in [-0.39, 0.29) is 6.10 Å². The molecular weight excluding hydrogens is 236 g/mol. The molecule has 2 N–H and O–H groups in total. The van der Waals surface area contributed by atoms with Crippen LogP contribution in [0.15, 0.2) is 0 Å². The molecule has 3 heteroatoms. The van der Waals surface area contributed by atoms with Crippen molar-refractivity contribution in [1.82, 2.24) is 10.2 Å². The number of aliphatic hydroxyl groups excluding tert-OH is 1. The summed E-state index contributed by atoms with van der Waals surface area (Å²) in [6.07, 6.45) is 9.73. The number of hydrogen-bond acceptors (Lipinski definition) is 3. The third-order valence-electron chi connectivity index (χ3n) is 5.44. The van der Waals surface area contributed by atoms with Gasteiger partial charge in [-0.25, -0.2) is 0 Å². The van der Waals surface area contributed by atoms with E-state index in [1.807, 2.05) is 0 Å². The molecule has 2 rings (SSSR count). The Morgan fingerprint density at radius 2 is 1.89 bits per heavy atom. The SMILES string of the molecule is CC1CCCC(CN[C@@H]2CCCC[C@H]2O)(N(C)C)C1. The molecule has 2 unspecified atom stereocenters. The van der Waals surface area contributed by atoms with Crippen LogP contribution in [0.4, 0.5) is 0 Å². The van der Waals surface area contributed by atoms with E-state index in [1.165, 1.54) is 38.5 Å². The second-order valence-electron chi connectivity index (χ2n) is 7.16. The van der Waals surface area contributed by atoms with E-state index in [2.05, 4.69) is 31.2 Å². The Morgan fingerprint density at radius 3 is 2.53 bits per heavy atom. The summed E-state index contributed by atoms with van der Waals surface area (Å²) >= 11 is 0. The molecule has 19 heavy (non-hydrogen) atoms. The minimum absolute atomic E-state index is 0.131. The Morgan fingerprint density at radius 1 is 1.16 bits per heavy atom. The van der Waals surface area contributed by atoms with Crippen LogP contribution in [0.25, 0.3) is 0 Å². The predicted molar refractivity (Wildman–Crippen MR) is 80.3 cm³/mol. The van der Waals surface area contributed by atoms with Crippen LogP contribution in [0, 0.1) is 5.92 Å². The van der Waals surface area contributed by atoms with E-state index in [4.69, 9.17) is 0 Å². The molecule has 0 aromatic carbocycles. The van der Waals surface area contributed by atoms with Crippen LogP contribution >= 0.6 is 0 Å². The van der Waals surface area contributed by atoms with Gasteiger partial charge in [0.25, 0.3) is 0 Å². The van der Waals surface area contributed by atoms with E-state index < -0.39 is 0 Å². The van der Waals surface area contributed by atoms with E-state index in [1.54, 1.807) is 0 Å². The van der Waals surface area contributed by atoms with E-state index >= 15 is 0 Å². The molecule has 2 aliphatic carbocycles. The molecule has 0 aliphatic heterocycles. The Hall–Kier alpha value is -0.120. The summed E-state index contributed by atoms with van der Waals surface area (Å²) in [6.45, 7) is 3.42. The summed E-state index contributed by atoms with van der Waals surface area (Å²) in [4.78, 5) is 2.42. The van der Waals surface area contributed by atoms with Gasteiger partial charge in [0.2, 0.25) is 0 Å². The van der Waals surface area contributed by atoms with Crippen molar-refractivity contribution in [1.29, 1.82) is 0 Å². The third-order valence-corrected chi connectivity index (χ3v) is 5.44. The number of aliphatic hydroxyl groups is 1. The van der Waals surface area contributed by atoms with Crippen LogP contribution in [0.3, 0.4) is 0 Å². The topological polar surface area (TPSA) is 35.5 Å². The molecule has 0 bridgehead atoms. The standard InChI is InChI=1S/C16H32N2O/c1-13-7-6-10-16(11-13,18(2)3)12-17-14-8-4-5-9-15(14)19/h13-15,17,19H,4-12H2,1-3H3/t13?,14-,15-,16?/m1/s1. The van der Waals surface area contributed by atoms with Gasteiger partial charge >= 0.3 is 0 Å². The van der Waals surface area contributed by atoms with Crippen molar-refractivity contribution in [2.45, 2.75) is 76.0 Å². The smallest absolute Gasteiger partial charge is 0.0693 e. The van der Waals surface area contributed by atoms with Crippen LogP contribution in [0.2, 0.25) is 0 Å². The van der Waals surface area contributed by atoms with Crippen LogP contribution in [-0.4, -0.2) is 48.3 Å². The first-order valence-corrected chi connectivity index (χ1v) is 8.12. The lowest BCUT2D eigenvalue weighted by Gasteiger charge is -2.46. The molecule has 112 valence electrons. The molecule has 3 nitrogen and oxygen atoms in total. The molecule has 2 fully saturated rings. The van der Waals surface area contributed by atoms with Crippen molar-refractivity contribution in [2.24, 2.45) is 5.92 Å². The number of likely N-dealkylation sites (N-methyl/N-ethyl adjacent to an activating group) is 1. The zero-order chi connectivity index (χ0) is 13.9. The molecular formula is C16H32N2O. The van der Waals surface area contributed by atoms with E-state index in [0.29, 0.717) is 11.6 Å². The summed E-state index contributed by atoms with van der Waals surface area (Å²) in [6, 6.07) is 0.322. The van der Waals surface area contributed by atoms with Crippen LogP contribution < -0.4 is 5.32 Å². The minimum atomic E-state index is -0.131. The first-order valence-electron chi connectivity index (χ1n) is 8.12. The summed E-state index contributed by atoms with van der Waals surface area (Å²) in [5, 5.41) is 13.8. The van der Waals surface area contributed by atoms with Crippen LogP contribution in [0.5, 0.6) is 0 Å². The van der Waals surface area contributed by atoms with Gasteiger partial charge in [0.05, 0.1) is 6.10 Å². The molecule has 0 saturated heterocycles. The van der Waals surface area contributed by atoms with E-state index in [9.17, 15) is 5.11 Å². The van der Waals surface area contributed by atoms with Crippen molar-refractivity contribution in [2.75, 3.05) is 20.6 Å². The van der Waals surface area contributed by atoms with Gasteiger partial charge in [0, 0.05) is 18.1 Å². The lowest BCUT2D eigenvalue weighted by Crippen LogP contribution is -2.57. The van der Waals surface area contributed by atoms with Crippen molar-refractivity contribution in [3.63, 3.8) is 0 Å². The largest absolute Gasteiger partial charge is 0.392 e. The van der Waals surface area contributed by atoms with Gasteiger partial charge in [-0.2, -0.15) is 0 Å². The quantitative estimate of drug-likeness (QED) is 0.822. The Bertz CT molecular complexity index is 282. The van der Waals surface area contributed by atoms with E-state index in [0.717, 1.165) is 25.3 Å². The monoisotopic (exact) mass is 268 g/mol. The van der Waals surface area contributed by atoms with Gasteiger partial charge in [0.1, 0.15) is 0 Å². The summed E-state index contributed by atoms with van der Waals surface area (Å²) in [7, 11) is 4.44. The third kappa shape index (κ3) is 3.71. The molecule has 0 heterocycles. The fraction of sp³-hybridized carbons (Fsp3) is 1.00. The highest BCUT2D eigenvalue weighted by Crippen LogP contribution is 2.35. The molecule has 0 radical (unpaired) electrons. The van der Waals surface area contributed by atoms with Gasteiger partial charge in [-0.1, -0.05) is 32.6 Å². The molecule has 4 atom stereocenters. The van der Waals surface area contributed by atoms with Gasteiger partial charge in [-0.3, -0.25) is 0 Å². The van der Waals surface area contributed by atoms with Gasteiger partial charge < -0.3 is 15.3 Å². The van der Waals surface area contributed by atoms with Gasteiger partial charge in [0.15, 0.2) is 0 Å². The fourth-order valence-corrected chi connectivity index (χ4v) is 4.03. The molecule has 0 spiro atoms. The minimum Gasteiger partial charge on any atom is -0.392 e. The Balaban J connectivity index is 1.93. The fourth-order valence-electron chi connectivity index (χ4n) is 4.03. The average molecular weight is 268 g/mol. The molecule has 0 amide bonds. The average Bonchev–Trinajstić information content (AvgIpc) is 2.38. The van der Waals surface area contributed by atoms with Crippen molar-refractivity contribution in [3.05, 3.63) is 0 Å². The second kappa shape index (κ2) is 6.55. The Kier molecular flexibility index (Phi) is 5.27. The molecule has 0 aromatic rings. The highest BCUT2D eigenvalue weighted by atomic mass is 16.3. The normalized spacial score (nSPS) is 40.6. The summed E-state index contributed by atoms with van der Waals surface area (Å²) in [5.41, 5.74) is 0.300. The molecule has 2 aliphatic rings. The first-order chi connectivity index (χ1) is 9.03. The Labute approximate surface area is 118 Å². The number of hydrogen-bond donors (Lipinski definition) is 2. The zero-order valence-electron chi connectivity index (χ0n) is 13.0. The lowest BCUT2D eigenvalue weighted by atomic mass is 9.75. The highest BCUT2D eigenvalue weighted by Gasteiger charge is 2.37. The van der Waals surface area contributed by atoms with Gasteiger partial charge in [-0.05, 0) is 45.7 Å². The highest BCUT2D eigenvalue weighted by molar-refractivity contribution is 4.96. The van der Waals surface area contributed by atoms with Crippen molar-refractivity contribution >= 4 is 0 Å². The maximum Gasteiger partial charge on any atom is 0.0693 e. The maximum absolute atomic E-state index is 10.1. The lowest BCUT2D eigenvalue weighted by molar-refractivity contribution is 0.0487. The predicted octanol–water partition coefficient (Wildman–Crippen LogP) is 2.39. The number of rotatable bonds is 4. The summed E-state index contributed by atoms with van der Waals surface area (Å²) < 4.78 is 0. The van der Waals surface area contributed by atoms with Crippen LogP contribution in [-0.2, 0) is 0 Å². The van der Waals surface area contributed by atoms with Crippen molar-refractivity contribution in [3.8, 4) is 0 Å². The molecule has 2 saturated carbocycles. The zero-order valence-corrected chi connectivity index (χ0v) is 13.0. The first kappa shape index (κ1) is 15.3. The van der Waals surface area contributed by atoms with Crippen molar-refractivity contribution < 1.29 is 5.11 Å². The number of nitrogens with zero attached hydrogens (tertiary/aromatic N) is 1. The molecule has 0 aromatic heterocycles. The van der Waals surface area contributed by atoms with Gasteiger partial charge in [-0.15, -0.1) is 0 Å². The van der Waals surface area contributed by atoms with Crippen LogP contribution in [0.1, 0.15) is 58.3 Å². The summed E-state index contributed by atoms with van der Waals surface area (Å²) in [5.74, 6) is 0.828. The number of nitrogens with one attached hydrogen (secondary N) is 1.